The molecule has 0 amide bonds. The maximum Gasteiger partial charge on any atom is 0.314 e. The van der Waals surface area contributed by atoms with E-state index in [1.165, 1.54) is 50.5 Å². The van der Waals surface area contributed by atoms with Crippen molar-refractivity contribution in [2.75, 3.05) is 0 Å². The van der Waals surface area contributed by atoms with E-state index in [1.807, 2.05) is 12.1 Å². The molecule has 0 aromatic heterocycles. The van der Waals surface area contributed by atoms with Gasteiger partial charge in [0.1, 0.15) is 5.75 Å². The van der Waals surface area contributed by atoms with Crippen molar-refractivity contribution in [3.63, 3.8) is 0 Å². The van der Waals surface area contributed by atoms with Crippen LogP contribution in [0, 0.1) is 11.8 Å². The molecule has 1 aromatic rings. The summed E-state index contributed by atoms with van der Waals surface area (Å²) in [5, 5.41) is 0. The maximum absolute atomic E-state index is 12.2. The molecule has 2 fully saturated rings. The largest absolute Gasteiger partial charge is 0.426 e. The molecule has 1 aromatic carbocycles. The Morgan fingerprint density at radius 3 is 2.18 bits per heavy atom. The van der Waals surface area contributed by atoms with Crippen LogP contribution in [0.15, 0.2) is 24.3 Å². The van der Waals surface area contributed by atoms with Gasteiger partial charge in [0.25, 0.3) is 0 Å². The van der Waals surface area contributed by atoms with E-state index in [0.29, 0.717) is 11.7 Å². The van der Waals surface area contributed by atoms with Crippen molar-refractivity contribution >= 4 is 5.97 Å². The molecule has 2 aliphatic rings. The smallest absolute Gasteiger partial charge is 0.314 e. The highest BCUT2D eigenvalue weighted by atomic mass is 16.5. The second kappa shape index (κ2) is 7.30. The Morgan fingerprint density at radius 1 is 0.909 bits per heavy atom. The van der Waals surface area contributed by atoms with Gasteiger partial charge in [-0.3, -0.25) is 4.79 Å². The Labute approximate surface area is 134 Å². The standard InChI is InChI=1S/C20H28O2/c1-15-7-9-16(10-8-15)17-11-13-19(14-12-17)22-20(21)18-5-3-2-4-6-18/h11-16,18H,2-10H2,1H3. The van der Waals surface area contributed by atoms with E-state index >= 15 is 0 Å². The van der Waals surface area contributed by atoms with Crippen LogP contribution in [0.1, 0.15) is 76.2 Å². The van der Waals surface area contributed by atoms with E-state index in [2.05, 4.69) is 19.1 Å². The number of rotatable bonds is 3. The van der Waals surface area contributed by atoms with Crippen molar-refractivity contribution < 1.29 is 9.53 Å². The molecule has 3 rings (SSSR count). The van der Waals surface area contributed by atoms with Crippen LogP contribution in [-0.4, -0.2) is 5.97 Å². The third-order valence-electron chi connectivity index (χ3n) is 5.52. The van der Waals surface area contributed by atoms with Crippen LogP contribution in [0.5, 0.6) is 5.75 Å². The van der Waals surface area contributed by atoms with Crippen molar-refractivity contribution in [1.82, 2.24) is 0 Å². The van der Waals surface area contributed by atoms with Gasteiger partial charge in [-0.1, -0.05) is 51.2 Å². The fourth-order valence-corrected chi connectivity index (χ4v) is 3.94. The van der Waals surface area contributed by atoms with E-state index < -0.39 is 0 Å². The Kier molecular flexibility index (Phi) is 5.17. The summed E-state index contributed by atoms with van der Waals surface area (Å²) < 4.78 is 5.57. The first kappa shape index (κ1) is 15.6. The second-order valence-corrected chi connectivity index (χ2v) is 7.28. The quantitative estimate of drug-likeness (QED) is 0.547. The number of benzene rings is 1. The van der Waals surface area contributed by atoms with Crippen LogP contribution in [0.25, 0.3) is 0 Å². The molecule has 22 heavy (non-hydrogen) atoms. The third kappa shape index (κ3) is 3.91. The molecule has 0 saturated heterocycles. The molecule has 0 atom stereocenters. The van der Waals surface area contributed by atoms with Gasteiger partial charge in [-0.15, -0.1) is 0 Å². The van der Waals surface area contributed by atoms with Crippen molar-refractivity contribution in [2.24, 2.45) is 11.8 Å². The van der Waals surface area contributed by atoms with E-state index in [4.69, 9.17) is 4.74 Å². The van der Waals surface area contributed by atoms with Gasteiger partial charge >= 0.3 is 5.97 Å². The highest BCUT2D eigenvalue weighted by Crippen LogP contribution is 2.36. The monoisotopic (exact) mass is 300 g/mol. The highest BCUT2D eigenvalue weighted by molar-refractivity contribution is 5.75. The van der Waals surface area contributed by atoms with Gasteiger partial charge < -0.3 is 4.74 Å². The maximum atomic E-state index is 12.2. The zero-order chi connectivity index (χ0) is 15.4. The predicted molar refractivity (Wildman–Crippen MR) is 89.0 cm³/mol. The summed E-state index contributed by atoms with van der Waals surface area (Å²) in [6, 6.07) is 8.27. The Bertz CT molecular complexity index is 477. The number of carbonyl (C=O) groups excluding carboxylic acids is 1. The van der Waals surface area contributed by atoms with Gasteiger partial charge in [0, 0.05) is 0 Å². The van der Waals surface area contributed by atoms with Gasteiger partial charge in [0.15, 0.2) is 0 Å². The van der Waals surface area contributed by atoms with Crippen LogP contribution >= 0.6 is 0 Å². The highest BCUT2D eigenvalue weighted by Gasteiger charge is 2.23. The molecular formula is C20H28O2. The van der Waals surface area contributed by atoms with Crippen LogP contribution in [-0.2, 0) is 4.79 Å². The lowest BCUT2D eigenvalue weighted by Crippen LogP contribution is -2.22. The van der Waals surface area contributed by atoms with Crippen LogP contribution in [0.4, 0.5) is 0 Å². The minimum atomic E-state index is -0.0288. The molecule has 2 nitrogen and oxygen atoms in total. The molecule has 2 saturated carbocycles. The lowest BCUT2D eigenvalue weighted by atomic mass is 9.79. The number of carbonyl (C=O) groups is 1. The van der Waals surface area contributed by atoms with Crippen molar-refractivity contribution in [2.45, 2.75) is 70.6 Å². The molecule has 0 bridgehead atoms. The summed E-state index contributed by atoms with van der Waals surface area (Å²) in [6.07, 6.45) is 10.8. The molecular weight excluding hydrogens is 272 g/mol. The molecule has 0 heterocycles. The molecule has 2 aliphatic carbocycles. The van der Waals surface area contributed by atoms with Crippen molar-refractivity contribution in [3.05, 3.63) is 29.8 Å². The first-order valence-electron chi connectivity index (χ1n) is 9.04. The fourth-order valence-electron chi connectivity index (χ4n) is 3.94. The van der Waals surface area contributed by atoms with Crippen molar-refractivity contribution in [1.29, 1.82) is 0 Å². The Hall–Kier alpha value is -1.31. The number of hydrogen-bond donors (Lipinski definition) is 0. The summed E-state index contributed by atoms with van der Waals surface area (Å²) in [6.45, 7) is 2.35. The molecule has 0 spiro atoms. The summed E-state index contributed by atoms with van der Waals surface area (Å²) in [5.41, 5.74) is 1.41. The predicted octanol–water partition coefficient (Wildman–Crippen LogP) is 5.47. The fraction of sp³-hybridized carbons (Fsp3) is 0.650. The minimum Gasteiger partial charge on any atom is -0.426 e. The number of hydrogen-bond acceptors (Lipinski definition) is 2. The van der Waals surface area contributed by atoms with E-state index in [-0.39, 0.29) is 11.9 Å². The van der Waals surface area contributed by atoms with Gasteiger partial charge in [-0.25, -0.2) is 0 Å². The summed E-state index contributed by atoms with van der Waals surface area (Å²) in [7, 11) is 0. The zero-order valence-electron chi connectivity index (χ0n) is 13.7. The third-order valence-corrected chi connectivity index (χ3v) is 5.52. The van der Waals surface area contributed by atoms with Crippen LogP contribution in [0.3, 0.4) is 0 Å². The van der Waals surface area contributed by atoms with E-state index in [0.717, 1.165) is 18.8 Å². The molecule has 2 heteroatoms. The Morgan fingerprint density at radius 2 is 1.55 bits per heavy atom. The normalized spacial score (nSPS) is 26.6. The summed E-state index contributed by atoms with van der Waals surface area (Å²) >= 11 is 0. The van der Waals surface area contributed by atoms with Gasteiger partial charge in [0.05, 0.1) is 5.92 Å². The topological polar surface area (TPSA) is 26.3 Å². The SMILES string of the molecule is CC1CCC(c2ccc(OC(=O)C3CCCCC3)cc2)CC1. The Balaban J connectivity index is 1.56. The summed E-state index contributed by atoms with van der Waals surface area (Å²) in [5.74, 6) is 2.38. The first-order chi connectivity index (χ1) is 10.7. The number of ether oxygens (including phenoxy) is 1. The second-order valence-electron chi connectivity index (χ2n) is 7.28. The van der Waals surface area contributed by atoms with E-state index in [9.17, 15) is 4.79 Å². The zero-order valence-corrected chi connectivity index (χ0v) is 13.7. The van der Waals surface area contributed by atoms with Crippen LogP contribution < -0.4 is 4.74 Å². The lowest BCUT2D eigenvalue weighted by molar-refractivity contribution is -0.139. The van der Waals surface area contributed by atoms with Gasteiger partial charge in [-0.05, 0) is 55.2 Å². The minimum absolute atomic E-state index is 0.0288. The average Bonchev–Trinajstić information content (AvgIpc) is 2.57. The van der Waals surface area contributed by atoms with Crippen LogP contribution in [0.2, 0.25) is 0 Å². The first-order valence-corrected chi connectivity index (χ1v) is 9.04. The molecule has 0 unspecified atom stereocenters. The van der Waals surface area contributed by atoms with Gasteiger partial charge in [0.2, 0.25) is 0 Å². The molecule has 0 N–H and O–H groups in total. The molecule has 0 radical (unpaired) electrons. The lowest BCUT2D eigenvalue weighted by Gasteiger charge is -2.26. The van der Waals surface area contributed by atoms with E-state index in [1.54, 1.807) is 0 Å². The molecule has 120 valence electrons. The van der Waals surface area contributed by atoms with Gasteiger partial charge in [-0.2, -0.15) is 0 Å². The number of esters is 1. The van der Waals surface area contributed by atoms with Crippen molar-refractivity contribution in [3.8, 4) is 5.75 Å². The average molecular weight is 300 g/mol. The summed E-state index contributed by atoms with van der Waals surface area (Å²) in [4.78, 5) is 12.2. The molecule has 0 aliphatic heterocycles.